The van der Waals surface area contributed by atoms with E-state index in [-0.39, 0.29) is 10.7 Å². The fourth-order valence-electron chi connectivity index (χ4n) is 2.27. The summed E-state index contributed by atoms with van der Waals surface area (Å²) >= 11 is 1.95. The van der Waals surface area contributed by atoms with Crippen LogP contribution in [-0.2, 0) is 0 Å². The van der Waals surface area contributed by atoms with E-state index < -0.39 is 0 Å². The number of hydrogen-bond donors (Lipinski definition) is 2. The molecule has 1 aromatic rings. The number of hydrogen-bond acceptors (Lipinski definition) is 4. The van der Waals surface area contributed by atoms with Gasteiger partial charge in [0.05, 0.1) is 0 Å². The second kappa shape index (κ2) is 6.97. The van der Waals surface area contributed by atoms with Crippen molar-refractivity contribution >= 4 is 23.4 Å². The van der Waals surface area contributed by atoms with Crippen LogP contribution in [0.4, 0.5) is 5.69 Å². The van der Waals surface area contributed by atoms with Crippen molar-refractivity contribution in [1.29, 1.82) is 0 Å². The van der Waals surface area contributed by atoms with Gasteiger partial charge in [0, 0.05) is 29.7 Å². The first-order valence-electron chi connectivity index (χ1n) is 7.25. The van der Waals surface area contributed by atoms with Gasteiger partial charge in [0.25, 0.3) is 5.91 Å². The largest absolute Gasteiger partial charge is 0.385 e. The molecule has 0 bridgehead atoms. The highest BCUT2D eigenvalue weighted by Gasteiger charge is 2.29. The van der Waals surface area contributed by atoms with E-state index in [1.807, 2.05) is 23.9 Å². The summed E-state index contributed by atoms with van der Waals surface area (Å²) in [5.41, 5.74) is 1.44. The van der Waals surface area contributed by atoms with Gasteiger partial charge in [0.15, 0.2) is 0 Å². The lowest BCUT2D eigenvalue weighted by Crippen LogP contribution is -2.37. The zero-order chi connectivity index (χ0) is 14.4. The van der Waals surface area contributed by atoms with Crippen LogP contribution in [0.5, 0.6) is 0 Å². The third kappa shape index (κ3) is 4.13. The van der Waals surface area contributed by atoms with Crippen molar-refractivity contribution in [3.63, 3.8) is 0 Å². The van der Waals surface area contributed by atoms with Gasteiger partial charge in [0.2, 0.25) is 0 Å². The zero-order valence-electron chi connectivity index (χ0n) is 12.2. The van der Waals surface area contributed by atoms with Crippen molar-refractivity contribution in [3.8, 4) is 0 Å². The molecule has 1 unspecified atom stereocenters. The summed E-state index contributed by atoms with van der Waals surface area (Å²) in [6.07, 6.45) is 5.15. The minimum Gasteiger partial charge on any atom is -0.385 e. The summed E-state index contributed by atoms with van der Waals surface area (Å²) in [6, 6.07) is 3.70. The predicted octanol–water partition coefficient (Wildman–Crippen LogP) is 2.92. The Morgan fingerprint density at radius 1 is 1.55 bits per heavy atom. The van der Waals surface area contributed by atoms with Gasteiger partial charge in [-0.25, -0.2) is 0 Å². The van der Waals surface area contributed by atoms with Crippen LogP contribution in [0, 0.1) is 0 Å². The molecule has 4 nitrogen and oxygen atoms in total. The maximum absolute atomic E-state index is 12.2. The Morgan fingerprint density at radius 2 is 2.40 bits per heavy atom. The third-order valence-corrected chi connectivity index (χ3v) is 5.03. The zero-order valence-corrected chi connectivity index (χ0v) is 13.1. The highest BCUT2D eigenvalue weighted by Crippen LogP contribution is 2.36. The van der Waals surface area contributed by atoms with Gasteiger partial charge < -0.3 is 10.6 Å². The molecule has 1 fully saturated rings. The number of nitrogens with zero attached hydrogens (tertiary/aromatic N) is 1. The van der Waals surface area contributed by atoms with E-state index in [9.17, 15) is 4.79 Å². The summed E-state index contributed by atoms with van der Waals surface area (Å²) in [5.74, 6) is 1.11. The molecule has 2 rings (SSSR count). The standard InChI is InChI=1S/C15H23N3OS/c1-3-7-16-12-5-8-17-13(10-12)14(19)18-11-15(2)6-4-9-20-15/h5,8,10H,3-4,6-7,9,11H2,1-2H3,(H,16,17)(H,18,19). The number of carbonyl (C=O) groups excluding carboxylic acids is 1. The lowest BCUT2D eigenvalue weighted by molar-refractivity contribution is 0.0945. The number of thioether (sulfide) groups is 1. The number of anilines is 1. The molecular formula is C15H23N3OS. The molecule has 1 aliphatic heterocycles. The quantitative estimate of drug-likeness (QED) is 0.847. The first kappa shape index (κ1) is 15.2. The maximum Gasteiger partial charge on any atom is 0.270 e. The summed E-state index contributed by atoms with van der Waals surface area (Å²) in [7, 11) is 0. The Bertz CT molecular complexity index is 458. The van der Waals surface area contributed by atoms with Gasteiger partial charge in [-0.15, -0.1) is 0 Å². The van der Waals surface area contributed by atoms with Crippen molar-refractivity contribution < 1.29 is 4.79 Å². The predicted molar refractivity (Wildman–Crippen MR) is 85.4 cm³/mol. The molecule has 1 aliphatic rings. The van der Waals surface area contributed by atoms with Crippen LogP contribution in [0.1, 0.15) is 43.6 Å². The van der Waals surface area contributed by atoms with E-state index >= 15 is 0 Å². The number of carbonyl (C=O) groups is 1. The summed E-state index contributed by atoms with van der Waals surface area (Å²) in [6.45, 7) is 5.95. The summed E-state index contributed by atoms with van der Waals surface area (Å²) in [4.78, 5) is 16.3. The van der Waals surface area contributed by atoms with Crippen molar-refractivity contribution in [1.82, 2.24) is 10.3 Å². The van der Waals surface area contributed by atoms with Crippen molar-refractivity contribution in [2.75, 3.05) is 24.2 Å². The number of rotatable bonds is 6. The minimum absolute atomic E-state index is 0.0844. The fraction of sp³-hybridized carbons (Fsp3) is 0.600. The molecule has 2 heterocycles. The average molecular weight is 293 g/mol. The van der Waals surface area contributed by atoms with Crippen molar-refractivity contribution in [2.45, 2.75) is 37.9 Å². The van der Waals surface area contributed by atoms with Gasteiger partial charge in [-0.1, -0.05) is 6.92 Å². The Balaban J connectivity index is 1.91. The minimum atomic E-state index is -0.0844. The van der Waals surface area contributed by atoms with E-state index in [0.29, 0.717) is 12.2 Å². The number of amides is 1. The van der Waals surface area contributed by atoms with Gasteiger partial charge in [-0.05, 0) is 44.1 Å². The van der Waals surface area contributed by atoms with Gasteiger partial charge in [-0.3, -0.25) is 9.78 Å². The molecule has 1 amide bonds. The Kier molecular flexibility index (Phi) is 5.29. The van der Waals surface area contributed by atoms with Crippen molar-refractivity contribution in [3.05, 3.63) is 24.0 Å². The molecule has 0 aliphatic carbocycles. The summed E-state index contributed by atoms with van der Waals surface area (Å²) in [5, 5.41) is 6.28. The van der Waals surface area contributed by atoms with E-state index in [2.05, 4.69) is 29.5 Å². The number of aromatic nitrogens is 1. The molecule has 20 heavy (non-hydrogen) atoms. The molecule has 0 radical (unpaired) electrons. The van der Waals surface area contributed by atoms with Gasteiger partial charge in [-0.2, -0.15) is 11.8 Å². The molecule has 5 heteroatoms. The van der Waals surface area contributed by atoms with Crippen molar-refractivity contribution in [2.24, 2.45) is 0 Å². The lowest BCUT2D eigenvalue weighted by atomic mass is 10.1. The van der Waals surface area contributed by atoms with Crippen LogP contribution < -0.4 is 10.6 Å². The van der Waals surface area contributed by atoms with Crippen LogP contribution in [0.15, 0.2) is 18.3 Å². The second-order valence-electron chi connectivity index (χ2n) is 5.44. The molecular weight excluding hydrogens is 270 g/mol. The molecule has 0 saturated carbocycles. The van der Waals surface area contributed by atoms with Crippen LogP contribution in [-0.4, -0.2) is 34.5 Å². The smallest absolute Gasteiger partial charge is 0.270 e. The molecule has 1 atom stereocenters. The monoisotopic (exact) mass is 293 g/mol. The lowest BCUT2D eigenvalue weighted by Gasteiger charge is -2.22. The topological polar surface area (TPSA) is 54.0 Å². The first-order valence-corrected chi connectivity index (χ1v) is 8.24. The normalized spacial score (nSPS) is 21.7. The van der Waals surface area contributed by atoms with Crippen LogP contribution in [0.3, 0.4) is 0 Å². The fourth-order valence-corrected chi connectivity index (χ4v) is 3.51. The first-order chi connectivity index (χ1) is 9.63. The Labute approximate surface area is 125 Å². The van der Waals surface area contributed by atoms with E-state index in [4.69, 9.17) is 0 Å². The van der Waals surface area contributed by atoms with E-state index in [1.54, 1.807) is 6.20 Å². The highest BCUT2D eigenvalue weighted by molar-refractivity contribution is 8.00. The molecule has 110 valence electrons. The second-order valence-corrected chi connectivity index (χ2v) is 7.12. The Hall–Kier alpha value is -1.23. The van der Waals surface area contributed by atoms with Crippen LogP contribution >= 0.6 is 11.8 Å². The summed E-state index contributed by atoms with van der Waals surface area (Å²) < 4.78 is 0.188. The number of nitrogens with one attached hydrogen (secondary N) is 2. The molecule has 1 aromatic heterocycles. The SMILES string of the molecule is CCCNc1ccnc(C(=O)NCC2(C)CCCS2)c1. The number of pyridine rings is 1. The van der Waals surface area contributed by atoms with E-state index in [1.165, 1.54) is 18.6 Å². The average Bonchev–Trinajstić information content (AvgIpc) is 2.90. The molecule has 2 N–H and O–H groups in total. The van der Waals surface area contributed by atoms with Gasteiger partial charge in [0.1, 0.15) is 5.69 Å². The van der Waals surface area contributed by atoms with E-state index in [0.717, 1.165) is 18.7 Å². The Morgan fingerprint density at radius 3 is 3.10 bits per heavy atom. The molecule has 1 saturated heterocycles. The van der Waals surface area contributed by atoms with Crippen LogP contribution in [0.25, 0.3) is 0 Å². The molecule has 0 spiro atoms. The maximum atomic E-state index is 12.2. The van der Waals surface area contributed by atoms with Crippen LogP contribution in [0.2, 0.25) is 0 Å². The van der Waals surface area contributed by atoms with Gasteiger partial charge >= 0.3 is 0 Å². The highest BCUT2D eigenvalue weighted by atomic mass is 32.2. The third-order valence-electron chi connectivity index (χ3n) is 3.50. The molecule has 0 aromatic carbocycles.